The molecule has 0 aliphatic heterocycles. The second-order valence-electron chi connectivity index (χ2n) is 2.49. The predicted octanol–water partition coefficient (Wildman–Crippen LogP) is 2.41. The summed E-state index contributed by atoms with van der Waals surface area (Å²) in [4.78, 5) is 0. The van der Waals surface area contributed by atoms with Crippen LogP contribution in [0.15, 0.2) is 0 Å². The Morgan fingerprint density at radius 1 is 0.923 bits per heavy atom. The van der Waals surface area contributed by atoms with Crippen molar-refractivity contribution >= 4 is 9.84 Å². The standard InChI is InChI=1S/C6H10F4O2S/c1-3-5(7,8)13(11,12)6(9,10)4-2/h3-4H2,1-2H3. The van der Waals surface area contributed by atoms with Gasteiger partial charge < -0.3 is 0 Å². The molecule has 0 aromatic rings. The molecule has 0 radical (unpaired) electrons. The molecular formula is C6H10F4O2S. The molecule has 0 rings (SSSR count). The fraction of sp³-hybridized carbons (Fsp3) is 1.00. The topological polar surface area (TPSA) is 34.1 Å². The predicted molar refractivity (Wildman–Crippen MR) is 39.4 cm³/mol. The van der Waals surface area contributed by atoms with Crippen molar-refractivity contribution in [3.05, 3.63) is 0 Å². The van der Waals surface area contributed by atoms with Gasteiger partial charge in [0.15, 0.2) is 0 Å². The van der Waals surface area contributed by atoms with Gasteiger partial charge in [0.05, 0.1) is 0 Å². The van der Waals surface area contributed by atoms with Crippen molar-refractivity contribution in [3.63, 3.8) is 0 Å². The van der Waals surface area contributed by atoms with Crippen LogP contribution in [-0.4, -0.2) is 18.9 Å². The van der Waals surface area contributed by atoms with Crippen molar-refractivity contribution in [1.29, 1.82) is 0 Å². The Morgan fingerprint density at radius 2 is 1.15 bits per heavy atom. The van der Waals surface area contributed by atoms with Crippen molar-refractivity contribution in [1.82, 2.24) is 0 Å². The molecule has 13 heavy (non-hydrogen) atoms. The zero-order valence-electron chi connectivity index (χ0n) is 7.15. The number of alkyl halides is 4. The molecule has 0 aliphatic rings. The zero-order chi connectivity index (χ0) is 10.9. The molecule has 80 valence electrons. The molecule has 0 spiro atoms. The summed E-state index contributed by atoms with van der Waals surface area (Å²) < 4.78 is 71.5. The van der Waals surface area contributed by atoms with Crippen LogP contribution < -0.4 is 0 Å². The van der Waals surface area contributed by atoms with Gasteiger partial charge in [-0.05, 0) is 0 Å². The van der Waals surface area contributed by atoms with Gasteiger partial charge in [-0.15, -0.1) is 0 Å². The Hall–Kier alpha value is -0.330. The van der Waals surface area contributed by atoms with Gasteiger partial charge in [0.1, 0.15) is 0 Å². The molecule has 0 aliphatic carbocycles. The fourth-order valence-electron chi connectivity index (χ4n) is 0.599. The van der Waals surface area contributed by atoms with E-state index in [0.717, 1.165) is 13.8 Å². The summed E-state index contributed by atoms with van der Waals surface area (Å²) in [5.41, 5.74) is 0. The summed E-state index contributed by atoms with van der Waals surface area (Å²) in [6.45, 7) is 1.67. The maximum absolute atomic E-state index is 12.5. The van der Waals surface area contributed by atoms with Crippen molar-refractivity contribution in [2.24, 2.45) is 0 Å². The highest BCUT2D eigenvalue weighted by Crippen LogP contribution is 2.38. The van der Waals surface area contributed by atoms with Crippen LogP contribution >= 0.6 is 0 Å². The summed E-state index contributed by atoms with van der Waals surface area (Å²) in [5, 5.41) is -8.71. The average Bonchev–Trinajstić information content (AvgIpc) is 2.03. The first-order valence-corrected chi connectivity index (χ1v) is 5.10. The van der Waals surface area contributed by atoms with Crippen LogP contribution in [0.4, 0.5) is 17.6 Å². The van der Waals surface area contributed by atoms with Gasteiger partial charge in [-0.3, -0.25) is 0 Å². The van der Waals surface area contributed by atoms with E-state index in [9.17, 15) is 26.0 Å². The van der Waals surface area contributed by atoms with E-state index >= 15 is 0 Å². The molecule has 7 heteroatoms. The lowest BCUT2D eigenvalue weighted by Gasteiger charge is -2.21. The maximum Gasteiger partial charge on any atom is 0.351 e. The van der Waals surface area contributed by atoms with Crippen molar-refractivity contribution < 1.29 is 26.0 Å². The van der Waals surface area contributed by atoms with Gasteiger partial charge >= 0.3 is 10.5 Å². The van der Waals surface area contributed by atoms with Crippen LogP contribution in [0.25, 0.3) is 0 Å². The van der Waals surface area contributed by atoms with E-state index in [4.69, 9.17) is 0 Å². The number of hydrogen-bond donors (Lipinski definition) is 0. The van der Waals surface area contributed by atoms with Gasteiger partial charge in [0.2, 0.25) is 0 Å². The first kappa shape index (κ1) is 12.7. The first-order chi connectivity index (χ1) is 5.62. The van der Waals surface area contributed by atoms with E-state index in [1.165, 1.54) is 0 Å². The molecule has 0 saturated heterocycles. The van der Waals surface area contributed by atoms with Gasteiger partial charge in [-0.2, -0.15) is 17.6 Å². The van der Waals surface area contributed by atoms with Crippen molar-refractivity contribution in [2.75, 3.05) is 0 Å². The van der Waals surface area contributed by atoms with E-state index in [1.54, 1.807) is 0 Å². The first-order valence-electron chi connectivity index (χ1n) is 3.62. The quantitative estimate of drug-likeness (QED) is 0.684. The zero-order valence-corrected chi connectivity index (χ0v) is 7.97. The molecule has 0 heterocycles. The van der Waals surface area contributed by atoms with Crippen LogP contribution in [0.1, 0.15) is 26.7 Å². The molecule has 0 aromatic heterocycles. The molecule has 0 saturated carbocycles. The van der Waals surface area contributed by atoms with Crippen LogP contribution in [0, 0.1) is 0 Å². The lowest BCUT2D eigenvalue weighted by atomic mass is 10.5. The second-order valence-corrected chi connectivity index (χ2v) is 4.69. The van der Waals surface area contributed by atoms with Gasteiger partial charge in [0.25, 0.3) is 9.84 Å². The highest BCUT2D eigenvalue weighted by Gasteiger charge is 2.58. The molecule has 0 amide bonds. The second kappa shape index (κ2) is 3.43. The van der Waals surface area contributed by atoms with E-state index < -0.39 is 33.2 Å². The Kier molecular flexibility index (Phi) is 3.35. The normalized spacial score (nSPS) is 14.6. The largest absolute Gasteiger partial charge is 0.351 e. The third kappa shape index (κ3) is 1.95. The third-order valence-electron chi connectivity index (χ3n) is 1.61. The van der Waals surface area contributed by atoms with E-state index in [-0.39, 0.29) is 0 Å². The number of rotatable bonds is 4. The van der Waals surface area contributed by atoms with E-state index in [0.29, 0.717) is 0 Å². The van der Waals surface area contributed by atoms with E-state index in [2.05, 4.69) is 0 Å². The van der Waals surface area contributed by atoms with Crippen LogP contribution in [0.5, 0.6) is 0 Å². The SMILES string of the molecule is CCC(F)(F)S(=O)(=O)C(F)(F)CC. The van der Waals surface area contributed by atoms with E-state index in [1.807, 2.05) is 0 Å². The summed E-state index contributed by atoms with van der Waals surface area (Å²) in [6.07, 6.45) is -2.30. The highest BCUT2D eigenvalue weighted by atomic mass is 32.2. The van der Waals surface area contributed by atoms with Gasteiger partial charge in [-0.25, -0.2) is 8.42 Å². The van der Waals surface area contributed by atoms with Crippen LogP contribution in [0.3, 0.4) is 0 Å². The van der Waals surface area contributed by atoms with Crippen molar-refractivity contribution in [2.45, 2.75) is 37.2 Å². The van der Waals surface area contributed by atoms with Gasteiger partial charge in [-0.1, -0.05) is 13.8 Å². The summed E-state index contributed by atoms with van der Waals surface area (Å²) in [5.74, 6) is 0. The molecule has 0 fully saturated rings. The molecule has 2 nitrogen and oxygen atoms in total. The molecule has 0 atom stereocenters. The Morgan fingerprint density at radius 3 is 1.31 bits per heavy atom. The van der Waals surface area contributed by atoms with Crippen LogP contribution in [0.2, 0.25) is 0 Å². The van der Waals surface area contributed by atoms with Crippen LogP contribution in [-0.2, 0) is 9.84 Å². The molecule has 0 unspecified atom stereocenters. The number of halogens is 4. The Labute approximate surface area is 73.9 Å². The Balaban J connectivity index is 5.23. The summed E-state index contributed by atoms with van der Waals surface area (Å²) >= 11 is 0. The molecule has 0 aromatic carbocycles. The smallest absolute Gasteiger partial charge is 0.216 e. The molecule has 0 bridgehead atoms. The number of sulfone groups is 1. The minimum atomic E-state index is -5.70. The average molecular weight is 222 g/mol. The summed E-state index contributed by atoms with van der Waals surface area (Å²) in [7, 11) is -5.70. The summed E-state index contributed by atoms with van der Waals surface area (Å²) in [6, 6.07) is 0. The Bertz CT molecular complexity index is 248. The lowest BCUT2D eigenvalue weighted by Crippen LogP contribution is -2.41. The molecular weight excluding hydrogens is 212 g/mol. The minimum absolute atomic E-state index is 0.837. The maximum atomic E-state index is 12.5. The monoisotopic (exact) mass is 222 g/mol. The van der Waals surface area contributed by atoms with Crippen molar-refractivity contribution in [3.8, 4) is 0 Å². The fourth-order valence-corrected chi connectivity index (χ4v) is 1.80. The third-order valence-corrected chi connectivity index (χ3v) is 3.76. The molecule has 0 N–H and O–H groups in total. The minimum Gasteiger partial charge on any atom is -0.216 e. The highest BCUT2D eigenvalue weighted by molar-refractivity contribution is 7.93. The number of hydrogen-bond acceptors (Lipinski definition) is 2. The van der Waals surface area contributed by atoms with Gasteiger partial charge in [0, 0.05) is 12.8 Å². The lowest BCUT2D eigenvalue weighted by molar-refractivity contribution is 0.0405.